The summed E-state index contributed by atoms with van der Waals surface area (Å²) in [5, 5.41) is 15.4. The minimum Gasteiger partial charge on any atom is -0.497 e. The summed E-state index contributed by atoms with van der Waals surface area (Å²) in [6, 6.07) is 8.12. The molecular weight excluding hydrogens is 360 g/mol. The molecule has 7 heteroatoms. The first-order valence-corrected chi connectivity index (χ1v) is 10.4. The molecule has 27 heavy (non-hydrogen) atoms. The van der Waals surface area contributed by atoms with Gasteiger partial charge >= 0.3 is 0 Å². The Hall–Kier alpha value is -2.12. The number of benzene rings is 1. The van der Waals surface area contributed by atoms with Gasteiger partial charge in [0, 0.05) is 13.0 Å². The summed E-state index contributed by atoms with van der Waals surface area (Å²) in [4.78, 5) is 8.66. The summed E-state index contributed by atoms with van der Waals surface area (Å²) in [6.45, 7) is 6.34. The van der Waals surface area contributed by atoms with Gasteiger partial charge in [0.2, 0.25) is 10.8 Å². The van der Waals surface area contributed by atoms with Crippen LogP contribution < -0.4 is 4.74 Å². The van der Waals surface area contributed by atoms with Crippen LogP contribution in [0.2, 0.25) is 0 Å². The summed E-state index contributed by atoms with van der Waals surface area (Å²) in [5.41, 5.74) is 1.12. The predicted octanol–water partition coefficient (Wildman–Crippen LogP) is 3.89. The van der Waals surface area contributed by atoms with Gasteiger partial charge in [-0.1, -0.05) is 37.3 Å². The number of hydrogen-bond acceptors (Lipinski definition) is 6. The number of aromatic hydroxyl groups is 1. The SMILES string of the molecule is CCc1nc2sc([C@@H](c3cccc(OC)c3)N3CCC[C@@H](C)C3)c(O)n2n1. The van der Waals surface area contributed by atoms with Crippen LogP contribution in [0.4, 0.5) is 0 Å². The van der Waals surface area contributed by atoms with Crippen molar-refractivity contribution in [3.05, 3.63) is 40.5 Å². The van der Waals surface area contributed by atoms with E-state index in [2.05, 4.69) is 34.0 Å². The van der Waals surface area contributed by atoms with Crippen LogP contribution >= 0.6 is 11.3 Å². The van der Waals surface area contributed by atoms with Gasteiger partial charge < -0.3 is 9.84 Å². The third kappa shape index (κ3) is 3.41. The molecule has 0 unspecified atom stereocenters. The van der Waals surface area contributed by atoms with Crippen molar-refractivity contribution in [2.24, 2.45) is 5.92 Å². The van der Waals surface area contributed by atoms with Crippen LogP contribution in [0, 0.1) is 5.92 Å². The van der Waals surface area contributed by atoms with E-state index < -0.39 is 0 Å². The number of thiazole rings is 1. The molecule has 6 nitrogen and oxygen atoms in total. The van der Waals surface area contributed by atoms with Gasteiger partial charge in [0.15, 0.2) is 5.82 Å². The molecular formula is C20H26N4O2S. The third-order valence-electron chi connectivity index (χ3n) is 5.27. The van der Waals surface area contributed by atoms with Gasteiger partial charge in [-0.25, -0.2) is 4.98 Å². The van der Waals surface area contributed by atoms with Gasteiger partial charge in [-0.2, -0.15) is 4.52 Å². The molecule has 1 aromatic carbocycles. The van der Waals surface area contributed by atoms with Gasteiger partial charge in [0.25, 0.3) is 0 Å². The molecule has 0 saturated carbocycles. The Bertz CT molecular complexity index is 935. The highest BCUT2D eigenvalue weighted by Crippen LogP contribution is 2.42. The van der Waals surface area contributed by atoms with E-state index in [1.165, 1.54) is 24.2 Å². The lowest BCUT2D eigenvalue weighted by atomic mass is 9.95. The highest BCUT2D eigenvalue weighted by atomic mass is 32.1. The van der Waals surface area contributed by atoms with Crippen molar-refractivity contribution >= 4 is 16.3 Å². The normalized spacial score (nSPS) is 19.4. The molecule has 0 radical (unpaired) electrons. The molecule has 144 valence electrons. The maximum Gasteiger partial charge on any atom is 0.230 e. The number of likely N-dealkylation sites (tertiary alicyclic amines) is 1. The minimum absolute atomic E-state index is 0.0265. The van der Waals surface area contributed by atoms with Crippen molar-refractivity contribution in [3.63, 3.8) is 0 Å². The zero-order valence-corrected chi connectivity index (χ0v) is 16.9. The zero-order valence-electron chi connectivity index (χ0n) is 16.1. The van der Waals surface area contributed by atoms with Crippen LogP contribution in [0.15, 0.2) is 24.3 Å². The Kier molecular flexibility index (Phi) is 5.06. The maximum atomic E-state index is 11.0. The zero-order chi connectivity index (χ0) is 19.0. The average Bonchev–Trinajstić information content (AvgIpc) is 3.22. The number of aryl methyl sites for hydroxylation is 1. The van der Waals surface area contributed by atoms with Crippen molar-refractivity contribution in [2.45, 2.75) is 39.2 Å². The smallest absolute Gasteiger partial charge is 0.230 e. The van der Waals surface area contributed by atoms with Crippen molar-refractivity contribution in [1.82, 2.24) is 19.5 Å². The molecule has 2 atom stereocenters. The molecule has 3 heterocycles. The fourth-order valence-corrected chi connectivity index (χ4v) is 5.05. The average molecular weight is 387 g/mol. The molecule has 1 aliphatic heterocycles. The predicted molar refractivity (Wildman–Crippen MR) is 107 cm³/mol. The first kappa shape index (κ1) is 18.3. The summed E-state index contributed by atoms with van der Waals surface area (Å²) < 4.78 is 7.03. The molecule has 1 N–H and O–H groups in total. The number of nitrogens with zero attached hydrogens (tertiary/aromatic N) is 4. The number of rotatable bonds is 5. The molecule has 0 bridgehead atoms. The Labute approximate surface area is 163 Å². The van der Waals surface area contributed by atoms with E-state index in [1.54, 1.807) is 11.6 Å². The summed E-state index contributed by atoms with van der Waals surface area (Å²) in [6.07, 6.45) is 3.18. The Balaban J connectivity index is 1.81. The Morgan fingerprint density at radius 1 is 1.41 bits per heavy atom. The summed E-state index contributed by atoms with van der Waals surface area (Å²) in [7, 11) is 1.68. The molecule has 0 amide bonds. The minimum atomic E-state index is -0.0265. The fourth-order valence-electron chi connectivity index (χ4n) is 3.92. The summed E-state index contributed by atoms with van der Waals surface area (Å²) >= 11 is 1.53. The van der Waals surface area contributed by atoms with E-state index in [-0.39, 0.29) is 11.9 Å². The van der Waals surface area contributed by atoms with E-state index in [0.717, 1.165) is 46.5 Å². The second kappa shape index (κ2) is 7.48. The van der Waals surface area contributed by atoms with Crippen LogP contribution in [0.5, 0.6) is 11.6 Å². The van der Waals surface area contributed by atoms with Gasteiger partial charge in [0.1, 0.15) is 5.75 Å². The molecule has 4 rings (SSSR count). The molecule has 1 fully saturated rings. The quantitative estimate of drug-likeness (QED) is 0.721. The van der Waals surface area contributed by atoms with Crippen molar-refractivity contribution in [3.8, 4) is 11.6 Å². The highest BCUT2D eigenvalue weighted by Gasteiger charge is 2.32. The topological polar surface area (TPSA) is 62.9 Å². The number of aromatic nitrogens is 3. The van der Waals surface area contributed by atoms with E-state index in [1.807, 2.05) is 19.1 Å². The molecule has 1 saturated heterocycles. The van der Waals surface area contributed by atoms with Crippen LogP contribution in [0.1, 0.15) is 49.0 Å². The van der Waals surface area contributed by atoms with E-state index >= 15 is 0 Å². The standard InChI is InChI=1S/C20H26N4O2S/c1-4-16-21-20-24(22-16)19(25)18(27-20)17(23-10-6-7-13(2)12-23)14-8-5-9-15(11-14)26-3/h5,8-9,11,13,17,25H,4,6-7,10,12H2,1-3H3/t13-,17-/m1/s1. The fraction of sp³-hybridized carbons (Fsp3) is 0.500. The Morgan fingerprint density at radius 2 is 2.26 bits per heavy atom. The first-order chi connectivity index (χ1) is 13.1. The van der Waals surface area contributed by atoms with Gasteiger partial charge in [-0.15, -0.1) is 5.10 Å². The van der Waals surface area contributed by atoms with Crippen molar-refractivity contribution < 1.29 is 9.84 Å². The first-order valence-electron chi connectivity index (χ1n) is 9.56. The monoisotopic (exact) mass is 386 g/mol. The third-order valence-corrected chi connectivity index (χ3v) is 6.34. The van der Waals surface area contributed by atoms with Gasteiger partial charge in [-0.05, 0) is 43.0 Å². The van der Waals surface area contributed by atoms with Crippen LogP contribution in [-0.4, -0.2) is 44.8 Å². The van der Waals surface area contributed by atoms with Crippen LogP contribution in [0.3, 0.4) is 0 Å². The number of methoxy groups -OCH3 is 1. The van der Waals surface area contributed by atoms with E-state index in [0.29, 0.717) is 5.92 Å². The number of ether oxygens (including phenoxy) is 1. The lowest BCUT2D eigenvalue weighted by molar-refractivity contribution is 0.149. The molecule has 2 aromatic heterocycles. The van der Waals surface area contributed by atoms with E-state index in [4.69, 9.17) is 4.74 Å². The molecule has 1 aliphatic rings. The van der Waals surface area contributed by atoms with Crippen molar-refractivity contribution in [2.75, 3.05) is 20.2 Å². The number of hydrogen-bond donors (Lipinski definition) is 1. The van der Waals surface area contributed by atoms with E-state index in [9.17, 15) is 5.11 Å². The van der Waals surface area contributed by atoms with Crippen LogP contribution in [0.25, 0.3) is 4.96 Å². The lowest BCUT2D eigenvalue weighted by Gasteiger charge is -2.37. The highest BCUT2D eigenvalue weighted by molar-refractivity contribution is 7.17. The summed E-state index contributed by atoms with van der Waals surface area (Å²) in [5.74, 6) is 2.43. The lowest BCUT2D eigenvalue weighted by Crippen LogP contribution is -2.37. The Morgan fingerprint density at radius 3 is 2.96 bits per heavy atom. The van der Waals surface area contributed by atoms with Crippen molar-refractivity contribution in [1.29, 1.82) is 0 Å². The maximum absolute atomic E-state index is 11.0. The largest absolute Gasteiger partial charge is 0.497 e. The van der Waals surface area contributed by atoms with Crippen LogP contribution in [-0.2, 0) is 6.42 Å². The van der Waals surface area contributed by atoms with Gasteiger partial charge in [0.05, 0.1) is 18.0 Å². The second-order valence-electron chi connectivity index (χ2n) is 7.29. The van der Waals surface area contributed by atoms with Gasteiger partial charge in [-0.3, -0.25) is 4.90 Å². The molecule has 0 spiro atoms. The molecule has 0 aliphatic carbocycles. The number of fused-ring (bicyclic) bond motifs is 1. The molecule has 3 aromatic rings. The second-order valence-corrected chi connectivity index (χ2v) is 8.30. The number of piperidine rings is 1.